The van der Waals surface area contributed by atoms with Gasteiger partial charge in [0.05, 0.1) is 6.10 Å². The van der Waals surface area contributed by atoms with Crippen molar-refractivity contribution in [2.45, 2.75) is 91.3 Å². The Balaban J connectivity index is 2.06. The summed E-state index contributed by atoms with van der Waals surface area (Å²) in [7, 11) is 0. The first kappa shape index (κ1) is 20.9. The van der Waals surface area contributed by atoms with Gasteiger partial charge in [0.2, 0.25) is 0 Å². The minimum atomic E-state index is -0.182. The molecule has 0 aliphatic carbocycles. The van der Waals surface area contributed by atoms with Crippen LogP contribution in [0.4, 0.5) is 0 Å². The van der Waals surface area contributed by atoms with Gasteiger partial charge < -0.3 is 4.74 Å². The molecular weight excluding hydrogens is 296 g/mol. The Morgan fingerprint density at radius 2 is 1.67 bits per heavy atom. The first-order chi connectivity index (χ1) is 11.4. The standard InChI is InChI=1S/C22H36O2/c1-5-6-7-8-9-10-11-12-13-14-15-16-19(23)21-20(24-21)17-18-22(2,3)4/h9-10,12-13,15-16,20-21H,5-8,11,14,17-18H2,1-4H3/b10-9-,13-12-,16-15-. The van der Waals surface area contributed by atoms with Crippen LogP contribution in [0.3, 0.4) is 0 Å². The molecule has 2 atom stereocenters. The van der Waals surface area contributed by atoms with Gasteiger partial charge in [0.1, 0.15) is 6.10 Å². The summed E-state index contributed by atoms with van der Waals surface area (Å²) in [6, 6.07) is 0. The molecule has 2 nitrogen and oxygen atoms in total. The topological polar surface area (TPSA) is 29.6 Å². The minimum absolute atomic E-state index is 0.123. The van der Waals surface area contributed by atoms with Crippen LogP contribution >= 0.6 is 0 Å². The number of unbranched alkanes of at least 4 members (excludes halogenated alkanes) is 3. The van der Waals surface area contributed by atoms with Crippen molar-refractivity contribution in [3.8, 4) is 0 Å². The number of allylic oxidation sites excluding steroid dienone is 5. The van der Waals surface area contributed by atoms with E-state index >= 15 is 0 Å². The van der Waals surface area contributed by atoms with Gasteiger partial charge in [-0.1, -0.05) is 70.9 Å². The van der Waals surface area contributed by atoms with Crippen molar-refractivity contribution in [2.75, 3.05) is 0 Å². The maximum atomic E-state index is 12.0. The number of ether oxygens (including phenoxy) is 1. The van der Waals surface area contributed by atoms with Crippen LogP contribution in [0.15, 0.2) is 36.5 Å². The highest BCUT2D eigenvalue weighted by molar-refractivity contribution is 5.95. The predicted molar refractivity (Wildman–Crippen MR) is 103 cm³/mol. The van der Waals surface area contributed by atoms with E-state index in [4.69, 9.17) is 4.74 Å². The normalized spacial score (nSPS) is 21.3. The summed E-state index contributed by atoms with van der Waals surface area (Å²) in [4.78, 5) is 12.0. The molecule has 1 aliphatic rings. The molecule has 1 rings (SSSR count). The highest BCUT2D eigenvalue weighted by Crippen LogP contribution is 2.32. The summed E-state index contributed by atoms with van der Waals surface area (Å²) in [5.41, 5.74) is 0.310. The van der Waals surface area contributed by atoms with Gasteiger partial charge >= 0.3 is 0 Å². The van der Waals surface area contributed by atoms with Crippen LogP contribution < -0.4 is 0 Å². The summed E-state index contributed by atoms with van der Waals surface area (Å²) in [5, 5.41) is 0. The van der Waals surface area contributed by atoms with Gasteiger partial charge in [-0.3, -0.25) is 4.79 Å². The SMILES string of the molecule is CCCCC/C=C\C/C=C\C/C=C\C(=O)C1OC1CCC(C)(C)C. The van der Waals surface area contributed by atoms with Gasteiger partial charge in [0.15, 0.2) is 5.78 Å². The maximum Gasteiger partial charge on any atom is 0.186 e. The monoisotopic (exact) mass is 332 g/mol. The lowest BCUT2D eigenvalue weighted by Gasteiger charge is -2.16. The van der Waals surface area contributed by atoms with E-state index < -0.39 is 0 Å². The molecule has 24 heavy (non-hydrogen) atoms. The van der Waals surface area contributed by atoms with E-state index in [1.807, 2.05) is 6.08 Å². The lowest BCUT2D eigenvalue weighted by Crippen LogP contribution is -2.10. The van der Waals surface area contributed by atoms with Gasteiger partial charge in [0.25, 0.3) is 0 Å². The molecule has 0 aromatic carbocycles. The fourth-order valence-corrected chi connectivity index (χ4v) is 2.54. The van der Waals surface area contributed by atoms with E-state index in [2.05, 4.69) is 52.0 Å². The summed E-state index contributed by atoms with van der Waals surface area (Å²) in [6.07, 6.45) is 21.3. The molecule has 1 saturated heterocycles. The van der Waals surface area contributed by atoms with Crippen molar-refractivity contribution >= 4 is 5.78 Å². The first-order valence-corrected chi connectivity index (χ1v) is 9.60. The third kappa shape index (κ3) is 10.6. The lowest BCUT2D eigenvalue weighted by atomic mass is 9.89. The number of ketones is 1. The Kier molecular flexibility index (Phi) is 9.94. The zero-order valence-corrected chi connectivity index (χ0v) is 16.1. The fraction of sp³-hybridized carbons (Fsp3) is 0.682. The lowest BCUT2D eigenvalue weighted by molar-refractivity contribution is -0.115. The van der Waals surface area contributed by atoms with Crippen molar-refractivity contribution in [3.05, 3.63) is 36.5 Å². The van der Waals surface area contributed by atoms with Crippen molar-refractivity contribution in [2.24, 2.45) is 5.41 Å². The Morgan fingerprint density at radius 1 is 1.00 bits per heavy atom. The molecule has 0 bridgehead atoms. The molecule has 0 aromatic rings. The quantitative estimate of drug-likeness (QED) is 0.185. The van der Waals surface area contributed by atoms with Gasteiger partial charge in [-0.25, -0.2) is 0 Å². The van der Waals surface area contributed by atoms with Crippen LogP contribution in [0.5, 0.6) is 0 Å². The maximum absolute atomic E-state index is 12.0. The molecule has 136 valence electrons. The molecule has 1 heterocycles. The van der Waals surface area contributed by atoms with Crippen molar-refractivity contribution in [1.82, 2.24) is 0 Å². The molecule has 0 amide bonds. The number of hydrogen-bond acceptors (Lipinski definition) is 2. The zero-order chi connectivity index (χ0) is 17.8. The van der Waals surface area contributed by atoms with Gasteiger partial charge in [0, 0.05) is 0 Å². The molecule has 0 aromatic heterocycles. The number of carbonyl (C=O) groups excluding carboxylic acids is 1. The molecule has 1 aliphatic heterocycles. The van der Waals surface area contributed by atoms with Crippen LogP contribution in [-0.2, 0) is 9.53 Å². The van der Waals surface area contributed by atoms with Gasteiger partial charge in [-0.2, -0.15) is 0 Å². The molecule has 2 unspecified atom stereocenters. The van der Waals surface area contributed by atoms with Crippen LogP contribution in [0.2, 0.25) is 0 Å². The van der Waals surface area contributed by atoms with E-state index in [0.29, 0.717) is 5.41 Å². The van der Waals surface area contributed by atoms with E-state index in [1.165, 1.54) is 25.7 Å². The predicted octanol–water partition coefficient (Wildman–Crippen LogP) is 6.18. The fourth-order valence-electron chi connectivity index (χ4n) is 2.54. The Labute approximate surface area is 149 Å². The molecule has 2 heteroatoms. The Bertz CT molecular complexity index is 437. The molecule has 0 radical (unpaired) electrons. The average molecular weight is 333 g/mol. The van der Waals surface area contributed by atoms with Gasteiger partial charge in [-0.15, -0.1) is 0 Å². The van der Waals surface area contributed by atoms with E-state index in [0.717, 1.165) is 25.7 Å². The molecule has 0 N–H and O–H groups in total. The summed E-state index contributed by atoms with van der Waals surface area (Å²) < 4.78 is 5.50. The largest absolute Gasteiger partial charge is 0.361 e. The highest BCUT2D eigenvalue weighted by Gasteiger charge is 2.43. The number of epoxide rings is 1. The average Bonchev–Trinajstić information content (AvgIpc) is 3.29. The smallest absolute Gasteiger partial charge is 0.186 e. The minimum Gasteiger partial charge on any atom is -0.361 e. The van der Waals surface area contributed by atoms with Crippen molar-refractivity contribution < 1.29 is 9.53 Å². The van der Waals surface area contributed by atoms with Crippen LogP contribution in [0, 0.1) is 5.41 Å². The van der Waals surface area contributed by atoms with Crippen molar-refractivity contribution in [3.63, 3.8) is 0 Å². The second kappa shape index (κ2) is 11.4. The summed E-state index contributed by atoms with van der Waals surface area (Å²) >= 11 is 0. The molecule has 1 fully saturated rings. The van der Waals surface area contributed by atoms with Crippen LogP contribution in [-0.4, -0.2) is 18.0 Å². The van der Waals surface area contributed by atoms with E-state index in [-0.39, 0.29) is 18.0 Å². The van der Waals surface area contributed by atoms with Crippen LogP contribution in [0.1, 0.15) is 79.1 Å². The zero-order valence-electron chi connectivity index (χ0n) is 16.1. The number of hydrogen-bond donors (Lipinski definition) is 0. The van der Waals surface area contributed by atoms with Crippen molar-refractivity contribution in [1.29, 1.82) is 0 Å². The van der Waals surface area contributed by atoms with Crippen LogP contribution in [0.25, 0.3) is 0 Å². The second-order valence-electron chi connectivity index (χ2n) is 7.91. The second-order valence-corrected chi connectivity index (χ2v) is 7.91. The summed E-state index contributed by atoms with van der Waals surface area (Å²) in [6.45, 7) is 8.89. The first-order valence-electron chi connectivity index (χ1n) is 9.60. The van der Waals surface area contributed by atoms with E-state index in [9.17, 15) is 4.79 Å². The Hall–Kier alpha value is -1.15. The number of rotatable bonds is 12. The highest BCUT2D eigenvalue weighted by atomic mass is 16.6. The molecule has 0 saturated carbocycles. The third-order valence-corrected chi connectivity index (χ3v) is 4.18. The summed E-state index contributed by atoms with van der Waals surface area (Å²) in [5.74, 6) is 0.123. The van der Waals surface area contributed by atoms with E-state index in [1.54, 1.807) is 6.08 Å². The number of carbonyl (C=O) groups is 1. The Morgan fingerprint density at radius 3 is 2.33 bits per heavy atom. The third-order valence-electron chi connectivity index (χ3n) is 4.18. The molecular formula is C22H36O2. The van der Waals surface area contributed by atoms with Gasteiger partial charge in [-0.05, 0) is 50.0 Å². The molecule has 0 spiro atoms.